The summed E-state index contributed by atoms with van der Waals surface area (Å²) in [7, 11) is 1.66. The van der Waals surface area contributed by atoms with E-state index in [0.29, 0.717) is 33.0 Å². The first kappa shape index (κ1) is 15.4. The van der Waals surface area contributed by atoms with Gasteiger partial charge < -0.3 is 19.9 Å². The van der Waals surface area contributed by atoms with Gasteiger partial charge in [0.05, 0.1) is 24.3 Å². The van der Waals surface area contributed by atoms with E-state index in [1.54, 1.807) is 7.11 Å². The summed E-state index contributed by atoms with van der Waals surface area (Å²) >= 11 is 3.50. The lowest BCUT2D eigenvalue weighted by atomic mass is 10.1. The minimum absolute atomic E-state index is 0.550. The van der Waals surface area contributed by atoms with E-state index in [0.717, 1.165) is 16.6 Å². The molecular weight excluding hydrogens is 298 g/mol. The van der Waals surface area contributed by atoms with Gasteiger partial charge in [-0.2, -0.15) is 0 Å². The van der Waals surface area contributed by atoms with Gasteiger partial charge in [-0.3, -0.25) is 0 Å². The van der Waals surface area contributed by atoms with E-state index in [4.69, 9.17) is 19.9 Å². The van der Waals surface area contributed by atoms with Crippen molar-refractivity contribution in [3.8, 4) is 5.75 Å². The van der Waals surface area contributed by atoms with Crippen molar-refractivity contribution in [2.24, 2.45) is 5.73 Å². The second-order valence-corrected chi connectivity index (χ2v) is 4.61. The van der Waals surface area contributed by atoms with Gasteiger partial charge >= 0.3 is 0 Å². The highest BCUT2D eigenvalue weighted by atomic mass is 79.9. The number of hydrogen-bond donors (Lipinski definition) is 1. The van der Waals surface area contributed by atoms with Gasteiger partial charge in [-0.05, 0) is 40.0 Å². The van der Waals surface area contributed by atoms with Gasteiger partial charge in [0, 0.05) is 13.7 Å². The maximum absolute atomic E-state index is 5.56. The lowest BCUT2D eigenvalue weighted by Crippen LogP contribution is -2.10. The first-order valence-electron chi connectivity index (χ1n) is 5.96. The fraction of sp³-hybridized carbons (Fsp3) is 0.538. The summed E-state index contributed by atoms with van der Waals surface area (Å²) in [5, 5.41) is 0. The summed E-state index contributed by atoms with van der Waals surface area (Å²) < 4.78 is 16.8. The molecule has 1 aromatic rings. The Labute approximate surface area is 117 Å². The van der Waals surface area contributed by atoms with Crippen LogP contribution >= 0.6 is 15.9 Å². The molecule has 0 spiro atoms. The van der Waals surface area contributed by atoms with Crippen LogP contribution in [-0.4, -0.2) is 40.1 Å². The zero-order valence-corrected chi connectivity index (χ0v) is 12.2. The normalized spacial score (nSPS) is 10.6. The summed E-state index contributed by atoms with van der Waals surface area (Å²) in [6, 6.07) is 6.05. The maximum atomic E-state index is 5.56. The molecule has 0 radical (unpaired) electrons. The fourth-order valence-corrected chi connectivity index (χ4v) is 1.97. The van der Waals surface area contributed by atoms with Gasteiger partial charge in [-0.25, -0.2) is 0 Å². The molecule has 5 heteroatoms. The molecule has 0 aliphatic rings. The zero-order valence-electron chi connectivity index (χ0n) is 10.7. The quantitative estimate of drug-likeness (QED) is 0.708. The largest absolute Gasteiger partial charge is 0.490 e. The Bertz CT molecular complexity index is 347. The van der Waals surface area contributed by atoms with E-state index in [1.165, 1.54) is 5.56 Å². The molecule has 0 saturated carbocycles. The number of methoxy groups -OCH3 is 1. The predicted octanol–water partition coefficient (Wildman–Crippen LogP) is 1.99. The Morgan fingerprint density at radius 1 is 1.17 bits per heavy atom. The molecule has 18 heavy (non-hydrogen) atoms. The molecule has 0 bridgehead atoms. The average molecular weight is 318 g/mol. The minimum atomic E-state index is 0.550. The highest BCUT2D eigenvalue weighted by Gasteiger charge is 2.03. The molecule has 0 amide bonds. The van der Waals surface area contributed by atoms with Crippen LogP contribution < -0.4 is 10.5 Å². The SMILES string of the molecule is COCCOc1ccc(CCOCCN)cc1Br. The highest BCUT2D eigenvalue weighted by Crippen LogP contribution is 2.26. The molecule has 0 aliphatic carbocycles. The van der Waals surface area contributed by atoms with Crippen LogP contribution in [0, 0.1) is 0 Å². The van der Waals surface area contributed by atoms with Crippen molar-refractivity contribution in [2.45, 2.75) is 6.42 Å². The molecule has 0 fully saturated rings. The van der Waals surface area contributed by atoms with Gasteiger partial charge in [0.15, 0.2) is 0 Å². The molecule has 0 aromatic heterocycles. The molecule has 0 heterocycles. The fourth-order valence-electron chi connectivity index (χ4n) is 1.43. The van der Waals surface area contributed by atoms with Crippen LogP contribution in [0.5, 0.6) is 5.75 Å². The van der Waals surface area contributed by atoms with E-state index in [-0.39, 0.29) is 0 Å². The standard InChI is InChI=1S/C13H20BrNO3/c1-16-8-9-18-13-3-2-11(10-12(13)14)4-6-17-7-5-15/h2-3,10H,4-9,15H2,1H3. The van der Waals surface area contributed by atoms with Crippen molar-refractivity contribution in [1.29, 1.82) is 0 Å². The van der Waals surface area contributed by atoms with Crippen molar-refractivity contribution < 1.29 is 14.2 Å². The lowest BCUT2D eigenvalue weighted by Gasteiger charge is -2.09. The third-order valence-electron chi connectivity index (χ3n) is 2.34. The lowest BCUT2D eigenvalue weighted by molar-refractivity contribution is 0.144. The van der Waals surface area contributed by atoms with Crippen molar-refractivity contribution in [3.05, 3.63) is 28.2 Å². The van der Waals surface area contributed by atoms with Crippen LogP contribution in [0.2, 0.25) is 0 Å². The summed E-state index contributed by atoms with van der Waals surface area (Å²) in [5.74, 6) is 0.832. The number of rotatable bonds is 9. The van der Waals surface area contributed by atoms with Crippen molar-refractivity contribution in [3.63, 3.8) is 0 Å². The van der Waals surface area contributed by atoms with E-state index in [1.807, 2.05) is 18.2 Å². The average Bonchev–Trinajstić information content (AvgIpc) is 2.37. The molecular formula is C13H20BrNO3. The van der Waals surface area contributed by atoms with Gasteiger partial charge in [0.1, 0.15) is 12.4 Å². The van der Waals surface area contributed by atoms with Crippen LogP contribution in [0.25, 0.3) is 0 Å². The Hall–Kier alpha value is -0.620. The van der Waals surface area contributed by atoms with E-state index in [2.05, 4.69) is 15.9 Å². The third kappa shape index (κ3) is 5.82. The summed E-state index contributed by atoms with van der Waals surface area (Å²) in [6.07, 6.45) is 0.872. The smallest absolute Gasteiger partial charge is 0.133 e. The zero-order chi connectivity index (χ0) is 13.2. The van der Waals surface area contributed by atoms with Crippen LogP contribution in [0.1, 0.15) is 5.56 Å². The highest BCUT2D eigenvalue weighted by molar-refractivity contribution is 9.10. The first-order chi connectivity index (χ1) is 8.77. The third-order valence-corrected chi connectivity index (χ3v) is 2.96. The number of ether oxygens (including phenoxy) is 3. The van der Waals surface area contributed by atoms with Crippen molar-refractivity contribution in [2.75, 3.05) is 40.1 Å². The van der Waals surface area contributed by atoms with Gasteiger partial charge in [-0.1, -0.05) is 6.07 Å². The van der Waals surface area contributed by atoms with Crippen molar-refractivity contribution in [1.82, 2.24) is 0 Å². The summed E-state index contributed by atoms with van der Waals surface area (Å²) in [4.78, 5) is 0. The predicted molar refractivity (Wildman–Crippen MR) is 75.1 cm³/mol. The Balaban J connectivity index is 2.41. The topological polar surface area (TPSA) is 53.7 Å². The molecule has 0 saturated heterocycles. The molecule has 2 N–H and O–H groups in total. The first-order valence-corrected chi connectivity index (χ1v) is 6.75. The Morgan fingerprint density at radius 2 is 2.00 bits per heavy atom. The molecule has 1 rings (SSSR count). The van der Waals surface area contributed by atoms with E-state index in [9.17, 15) is 0 Å². The van der Waals surface area contributed by atoms with Crippen LogP contribution in [0.15, 0.2) is 22.7 Å². The minimum Gasteiger partial charge on any atom is -0.490 e. The molecule has 0 unspecified atom stereocenters. The molecule has 0 aliphatic heterocycles. The summed E-state index contributed by atoms with van der Waals surface area (Å²) in [5.41, 5.74) is 6.56. The van der Waals surface area contributed by atoms with Crippen LogP contribution in [0.3, 0.4) is 0 Å². The van der Waals surface area contributed by atoms with Crippen molar-refractivity contribution >= 4 is 15.9 Å². The monoisotopic (exact) mass is 317 g/mol. The summed E-state index contributed by atoms with van der Waals surface area (Å²) in [6.45, 7) is 3.00. The van der Waals surface area contributed by atoms with E-state index >= 15 is 0 Å². The van der Waals surface area contributed by atoms with Crippen LogP contribution in [-0.2, 0) is 15.9 Å². The Morgan fingerprint density at radius 3 is 2.67 bits per heavy atom. The number of benzene rings is 1. The van der Waals surface area contributed by atoms with E-state index < -0.39 is 0 Å². The Kier molecular flexibility index (Phi) is 8.00. The number of halogens is 1. The maximum Gasteiger partial charge on any atom is 0.133 e. The molecule has 102 valence electrons. The number of hydrogen-bond acceptors (Lipinski definition) is 4. The molecule has 4 nitrogen and oxygen atoms in total. The molecule has 0 atom stereocenters. The van der Waals surface area contributed by atoms with Gasteiger partial charge in [-0.15, -0.1) is 0 Å². The molecule has 1 aromatic carbocycles. The van der Waals surface area contributed by atoms with Gasteiger partial charge in [0.2, 0.25) is 0 Å². The second kappa shape index (κ2) is 9.33. The van der Waals surface area contributed by atoms with Gasteiger partial charge in [0.25, 0.3) is 0 Å². The second-order valence-electron chi connectivity index (χ2n) is 3.76. The van der Waals surface area contributed by atoms with Crippen LogP contribution in [0.4, 0.5) is 0 Å². The number of nitrogens with two attached hydrogens (primary N) is 1.